The number of ether oxygens (including phenoxy) is 2. The van der Waals surface area contributed by atoms with Gasteiger partial charge in [0.05, 0.1) is 28.3 Å². The average molecular weight is 461 g/mol. The number of oxime groups is 1. The first kappa shape index (κ1) is 22.4. The number of rotatable bonds is 9. The smallest absolute Gasteiger partial charge is 0.269 e. The Hall–Kier alpha value is -3.29. The summed E-state index contributed by atoms with van der Waals surface area (Å²) in [4.78, 5) is 15.6. The molecule has 0 aliphatic carbocycles. The van der Waals surface area contributed by atoms with E-state index in [4.69, 9.17) is 37.5 Å². The van der Waals surface area contributed by atoms with E-state index in [1.807, 2.05) is 6.07 Å². The van der Waals surface area contributed by atoms with E-state index in [0.717, 1.165) is 11.1 Å². The fourth-order valence-corrected chi connectivity index (χ4v) is 2.96. The van der Waals surface area contributed by atoms with Crippen LogP contribution in [0.1, 0.15) is 16.7 Å². The zero-order chi connectivity index (χ0) is 22.2. The molecule has 7 nitrogen and oxygen atoms in total. The monoisotopic (exact) mass is 460 g/mol. The van der Waals surface area contributed by atoms with Gasteiger partial charge in [0, 0.05) is 17.7 Å². The topological polar surface area (TPSA) is 83.2 Å². The second-order valence-corrected chi connectivity index (χ2v) is 7.20. The van der Waals surface area contributed by atoms with Gasteiger partial charge in [0.2, 0.25) is 0 Å². The van der Waals surface area contributed by atoms with Crippen LogP contribution in [0.25, 0.3) is 0 Å². The number of nitrogens with zero attached hydrogens (tertiary/aromatic N) is 2. The molecule has 0 amide bonds. The van der Waals surface area contributed by atoms with Crippen LogP contribution in [0.15, 0.2) is 65.8 Å². The predicted molar refractivity (Wildman–Crippen MR) is 119 cm³/mol. The van der Waals surface area contributed by atoms with E-state index < -0.39 is 4.92 Å². The number of hydrogen-bond acceptors (Lipinski definition) is 6. The second-order valence-electron chi connectivity index (χ2n) is 6.38. The van der Waals surface area contributed by atoms with Crippen molar-refractivity contribution in [3.8, 4) is 11.5 Å². The van der Waals surface area contributed by atoms with Gasteiger partial charge in [-0.3, -0.25) is 10.1 Å². The summed E-state index contributed by atoms with van der Waals surface area (Å²) in [6, 6.07) is 16.8. The summed E-state index contributed by atoms with van der Waals surface area (Å²) in [6.07, 6.45) is 1.52. The molecule has 0 unspecified atom stereocenters. The molecule has 0 saturated carbocycles. The highest BCUT2D eigenvalue weighted by Gasteiger charge is 2.08. The van der Waals surface area contributed by atoms with Crippen LogP contribution < -0.4 is 9.47 Å². The van der Waals surface area contributed by atoms with E-state index in [1.54, 1.807) is 49.6 Å². The molecule has 31 heavy (non-hydrogen) atoms. The van der Waals surface area contributed by atoms with Crippen molar-refractivity contribution >= 4 is 35.1 Å². The van der Waals surface area contributed by atoms with Crippen LogP contribution in [0.2, 0.25) is 10.0 Å². The third-order valence-corrected chi connectivity index (χ3v) is 4.93. The fraction of sp³-hybridized carbons (Fsp3) is 0.136. The number of nitro groups is 1. The zero-order valence-corrected chi connectivity index (χ0v) is 18.0. The molecule has 9 heteroatoms. The molecule has 0 atom stereocenters. The lowest BCUT2D eigenvalue weighted by atomic mass is 10.2. The Balaban J connectivity index is 1.59. The molecule has 3 aromatic rings. The molecule has 0 aromatic heterocycles. The standard InChI is InChI=1S/C22H18Cl2N2O5/c1-29-22-11-15(12-25-31-14-16-3-2-4-18(9-16)26(27)28)6-8-21(22)30-13-17-5-7-19(23)20(24)10-17/h2-12H,13-14H2,1H3/b25-12-. The third kappa shape index (κ3) is 6.34. The Kier molecular flexibility index (Phi) is 7.70. The number of benzene rings is 3. The molecular weight excluding hydrogens is 443 g/mol. The molecule has 0 aliphatic rings. The van der Waals surface area contributed by atoms with Gasteiger partial charge in [-0.2, -0.15) is 0 Å². The molecule has 0 heterocycles. The van der Waals surface area contributed by atoms with Gasteiger partial charge in [0.25, 0.3) is 5.69 Å². The Labute approximate surface area is 188 Å². The fourth-order valence-electron chi connectivity index (χ4n) is 2.64. The van der Waals surface area contributed by atoms with E-state index in [1.165, 1.54) is 18.3 Å². The van der Waals surface area contributed by atoms with E-state index in [0.29, 0.717) is 33.7 Å². The molecule has 0 bridgehead atoms. The summed E-state index contributed by atoms with van der Waals surface area (Å²) in [7, 11) is 1.54. The van der Waals surface area contributed by atoms with E-state index in [-0.39, 0.29) is 12.3 Å². The van der Waals surface area contributed by atoms with Gasteiger partial charge in [-0.15, -0.1) is 0 Å². The van der Waals surface area contributed by atoms with Crippen molar-refractivity contribution in [2.75, 3.05) is 7.11 Å². The van der Waals surface area contributed by atoms with E-state index in [9.17, 15) is 10.1 Å². The van der Waals surface area contributed by atoms with Crippen molar-refractivity contribution in [1.29, 1.82) is 0 Å². The lowest BCUT2D eigenvalue weighted by Crippen LogP contribution is -1.98. The average Bonchev–Trinajstić information content (AvgIpc) is 2.78. The minimum Gasteiger partial charge on any atom is -0.493 e. The van der Waals surface area contributed by atoms with Crippen LogP contribution in [-0.4, -0.2) is 18.2 Å². The third-order valence-electron chi connectivity index (χ3n) is 4.19. The van der Waals surface area contributed by atoms with Crippen molar-refractivity contribution < 1.29 is 19.2 Å². The summed E-state index contributed by atoms with van der Waals surface area (Å²) >= 11 is 12.0. The van der Waals surface area contributed by atoms with Crippen molar-refractivity contribution in [3.63, 3.8) is 0 Å². The molecule has 0 radical (unpaired) electrons. The summed E-state index contributed by atoms with van der Waals surface area (Å²) < 4.78 is 11.2. The lowest BCUT2D eigenvalue weighted by molar-refractivity contribution is -0.384. The quantitative estimate of drug-likeness (QED) is 0.220. The maximum atomic E-state index is 10.8. The van der Waals surface area contributed by atoms with Crippen LogP contribution in [0.5, 0.6) is 11.5 Å². The van der Waals surface area contributed by atoms with E-state index in [2.05, 4.69) is 5.16 Å². The first-order valence-electron chi connectivity index (χ1n) is 9.09. The molecular formula is C22H18Cl2N2O5. The summed E-state index contributed by atoms with van der Waals surface area (Å²) in [5, 5.41) is 15.7. The SMILES string of the molecule is COc1cc(/C=N\OCc2cccc([N+](=O)[O-])c2)ccc1OCc1ccc(Cl)c(Cl)c1. The molecule has 0 N–H and O–H groups in total. The summed E-state index contributed by atoms with van der Waals surface area (Å²) in [5.41, 5.74) is 2.26. The van der Waals surface area contributed by atoms with Gasteiger partial charge in [0.15, 0.2) is 11.5 Å². The first-order valence-corrected chi connectivity index (χ1v) is 9.85. The largest absolute Gasteiger partial charge is 0.493 e. The number of hydrogen-bond donors (Lipinski definition) is 0. The molecule has 160 valence electrons. The maximum Gasteiger partial charge on any atom is 0.269 e. The van der Waals surface area contributed by atoms with Gasteiger partial charge in [-0.1, -0.05) is 46.6 Å². The van der Waals surface area contributed by atoms with Crippen LogP contribution in [-0.2, 0) is 18.1 Å². The first-order chi connectivity index (χ1) is 15.0. The highest BCUT2D eigenvalue weighted by atomic mass is 35.5. The van der Waals surface area contributed by atoms with Gasteiger partial charge in [0.1, 0.15) is 13.2 Å². The Bertz CT molecular complexity index is 1110. The molecule has 3 aromatic carbocycles. The van der Waals surface area contributed by atoms with Crippen LogP contribution in [0.4, 0.5) is 5.69 Å². The number of nitro benzene ring substituents is 1. The molecule has 3 rings (SSSR count). The minimum absolute atomic E-state index is 0.00581. The maximum absolute atomic E-state index is 10.8. The Morgan fingerprint density at radius 2 is 1.77 bits per heavy atom. The highest BCUT2D eigenvalue weighted by Crippen LogP contribution is 2.29. The molecule has 0 spiro atoms. The van der Waals surface area contributed by atoms with Crippen LogP contribution in [0.3, 0.4) is 0 Å². The van der Waals surface area contributed by atoms with Gasteiger partial charge in [-0.25, -0.2) is 0 Å². The summed E-state index contributed by atoms with van der Waals surface area (Å²) in [6.45, 7) is 0.410. The normalized spacial score (nSPS) is 10.8. The van der Waals surface area contributed by atoms with Gasteiger partial charge in [-0.05, 0) is 41.5 Å². The van der Waals surface area contributed by atoms with E-state index >= 15 is 0 Å². The Morgan fingerprint density at radius 3 is 2.52 bits per heavy atom. The van der Waals surface area contributed by atoms with Gasteiger partial charge < -0.3 is 14.3 Å². The number of methoxy groups -OCH3 is 1. The highest BCUT2D eigenvalue weighted by molar-refractivity contribution is 6.42. The predicted octanol–water partition coefficient (Wildman–Crippen LogP) is 6.04. The molecule has 0 fully saturated rings. The Morgan fingerprint density at radius 1 is 0.968 bits per heavy atom. The van der Waals surface area contributed by atoms with Crippen molar-refractivity contribution in [3.05, 3.63) is 97.5 Å². The second kappa shape index (κ2) is 10.7. The van der Waals surface area contributed by atoms with Crippen LogP contribution in [0, 0.1) is 10.1 Å². The number of halogens is 2. The number of non-ortho nitro benzene ring substituents is 1. The zero-order valence-electron chi connectivity index (χ0n) is 16.5. The van der Waals surface area contributed by atoms with Crippen molar-refractivity contribution in [2.24, 2.45) is 5.16 Å². The minimum atomic E-state index is -0.454. The lowest BCUT2D eigenvalue weighted by Gasteiger charge is -2.11. The molecule has 0 saturated heterocycles. The van der Waals surface area contributed by atoms with Crippen molar-refractivity contribution in [2.45, 2.75) is 13.2 Å². The van der Waals surface area contributed by atoms with Crippen molar-refractivity contribution in [1.82, 2.24) is 0 Å². The summed E-state index contributed by atoms with van der Waals surface area (Å²) in [5.74, 6) is 1.09. The molecule has 0 aliphatic heterocycles. The van der Waals surface area contributed by atoms with Gasteiger partial charge >= 0.3 is 0 Å². The van der Waals surface area contributed by atoms with Crippen LogP contribution >= 0.6 is 23.2 Å².